The van der Waals surface area contributed by atoms with Crippen LogP contribution in [0.1, 0.15) is 5.56 Å². The normalized spacial score (nSPS) is 9.94. The number of nitrogens with zero attached hydrogens (tertiary/aromatic N) is 4. The van der Waals surface area contributed by atoms with Crippen molar-refractivity contribution in [2.45, 2.75) is 9.24 Å². The van der Waals surface area contributed by atoms with Crippen molar-refractivity contribution < 1.29 is 4.92 Å². The molecule has 0 aliphatic rings. The van der Waals surface area contributed by atoms with E-state index in [1.807, 2.05) is 6.07 Å². The number of nitro groups is 1. The number of rotatable bonds is 3. The molecule has 0 spiro atoms. The standard InChI is InChI=1S/C9H5N5O2S2/c10-4-5-3-6(14(15)16)1-2-7(5)17-9-13-12-8(11)18-9/h1-3H,(H2,11,12). The molecule has 0 fully saturated rings. The molecule has 0 aliphatic carbocycles. The average molecular weight is 279 g/mol. The number of non-ortho nitro benzene ring substituents is 1. The zero-order valence-corrected chi connectivity index (χ0v) is 10.4. The van der Waals surface area contributed by atoms with E-state index < -0.39 is 4.92 Å². The fourth-order valence-electron chi connectivity index (χ4n) is 1.16. The summed E-state index contributed by atoms with van der Waals surface area (Å²) < 4.78 is 0.581. The van der Waals surface area contributed by atoms with Crippen LogP contribution in [0.25, 0.3) is 0 Å². The number of anilines is 1. The molecule has 18 heavy (non-hydrogen) atoms. The van der Waals surface area contributed by atoms with Crippen LogP contribution < -0.4 is 5.73 Å². The van der Waals surface area contributed by atoms with Crippen LogP contribution in [0.3, 0.4) is 0 Å². The van der Waals surface area contributed by atoms with Gasteiger partial charge in [0.2, 0.25) is 5.13 Å². The van der Waals surface area contributed by atoms with Gasteiger partial charge < -0.3 is 5.73 Å². The summed E-state index contributed by atoms with van der Waals surface area (Å²) in [6.07, 6.45) is 0. The summed E-state index contributed by atoms with van der Waals surface area (Å²) in [6, 6.07) is 6.00. The minimum absolute atomic E-state index is 0.118. The van der Waals surface area contributed by atoms with E-state index in [0.29, 0.717) is 14.4 Å². The van der Waals surface area contributed by atoms with Gasteiger partial charge in [-0.2, -0.15) is 5.26 Å². The van der Waals surface area contributed by atoms with Crippen molar-refractivity contribution in [2.24, 2.45) is 0 Å². The summed E-state index contributed by atoms with van der Waals surface area (Å²) in [4.78, 5) is 10.6. The van der Waals surface area contributed by atoms with Crippen molar-refractivity contribution in [1.29, 1.82) is 5.26 Å². The van der Waals surface area contributed by atoms with Crippen molar-refractivity contribution in [2.75, 3.05) is 5.73 Å². The molecule has 0 aliphatic heterocycles. The van der Waals surface area contributed by atoms with E-state index in [1.54, 1.807) is 0 Å². The Labute approximate surface area is 109 Å². The number of nitriles is 1. The second kappa shape index (κ2) is 4.99. The van der Waals surface area contributed by atoms with Crippen LogP contribution in [0.15, 0.2) is 27.4 Å². The van der Waals surface area contributed by atoms with Gasteiger partial charge in [-0.1, -0.05) is 23.1 Å². The van der Waals surface area contributed by atoms with E-state index >= 15 is 0 Å². The SMILES string of the molecule is N#Cc1cc([N+](=O)[O-])ccc1Sc1nnc(N)s1. The predicted molar refractivity (Wildman–Crippen MR) is 66.3 cm³/mol. The van der Waals surface area contributed by atoms with Crippen molar-refractivity contribution in [3.05, 3.63) is 33.9 Å². The Morgan fingerprint density at radius 2 is 2.28 bits per heavy atom. The first kappa shape index (κ1) is 12.3. The van der Waals surface area contributed by atoms with Crippen molar-refractivity contribution in [3.8, 4) is 6.07 Å². The molecule has 1 aromatic carbocycles. The highest BCUT2D eigenvalue weighted by molar-refractivity contribution is 8.01. The van der Waals surface area contributed by atoms with Gasteiger partial charge in [0.1, 0.15) is 6.07 Å². The lowest BCUT2D eigenvalue weighted by Crippen LogP contribution is -1.90. The molecule has 2 rings (SSSR count). The fraction of sp³-hybridized carbons (Fsp3) is 0. The monoisotopic (exact) mass is 279 g/mol. The van der Waals surface area contributed by atoms with Gasteiger partial charge in [0.15, 0.2) is 4.34 Å². The molecule has 7 nitrogen and oxygen atoms in total. The maximum absolute atomic E-state index is 10.6. The minimum Gasteiger partial charge on any atom is -0.374 e. The van der Waals surface area contributed by atoms with Gasteiger partial charge in [-0.25, -0.2) is 0 Å². The fourth-order valence-corrected chi connectivity index (χ4v) is 2.82. The number of hydrogen-bond donors (Lipinski definition) is 1. The van der Waals surface area contributed by atoms with Crippen molar-refractivity contribution >= 4 is 33.9 Å². The van der Waals surface area contributed by atoms with Crippen LogP contribution in [0.5, 0.6) is 0 Å². The van der Waals surface area contributed by atoms with Gasteiger partial charge in [0.25, 0.3) is 5.69 Å². The second-order valence-corrected chi connectivity index (χ2v) is 5.36. The van der Waals surface area contributed by atoms with Gasteiger partial charge in [0, 0.05) is 17.0 Å². The number of aromatic nitrogens is 2. The maximum atomic E-state index is 10.6. The molecule has 0 atom stereocenters. The van der Waals surface area contributed by atoms with E-state index in [1.165, 1.54) is 41.3 Å². The van der Waals surface area contributed by atoms with Crippen LogP contribution in [0.4, 0.5) is 10.8 Å². The Balaban J connectivity index is 2.34. The van der Waals surface area contributed by atoms with Gasteiger partial charge in [-0.3, -0.25) is 10.1 Å². The second-order valence-electron chi connectivity index (χ2n) is 3.06. The molecule has 1 aromatic heterocycles. The first-order chi connectivity index (χ1) is 8.60. The third-order valence-corrected chi connectivity index (χ3v) is 3.79. The smallest absolute Gasteiger partial charge is 0.270 e. The van der Waals surface area contributed by atoms with Gasteiger partial charge in [-0.05, 0) is 6.07 Å². The Bertz CT molecular complexity index is 649. The quantitative estimate of drug-likeness (QED) is 0.674. The topological polar surface area (TPSA) is 119 Å². The van der Waals surface area contributed by atoms with Crippen LogP contribution in [-0.2, 0) is 0 Å². The molecule has 0 saturated carbocycles. The highest BCUT2D eigenvalue weighted by Crippen LogP contribution is 2.34. The lowest BCUT2D eigenvalue weighted by atomic mass is 10.2. The number of nitrogens with two attached hydrogens (primary N) is 1. The summed E-state index contributed by atoms with van der Waals surface area (Å²) >= 11 is 2.39. The highest BCUT2D eigenvalue weighted by atomic mass is 32.2. The largest absolute Gasteiger partial charge is 0.374 e. The Kier molecular flexibility index (Phi) is 3.40. The minimum atomic E-state index is -0.543. The Hall–Kier alpha value is -2.18. The molecule has 90 valence electrons. The van der Waals surface area contributed by atoms with Crippen molar-refractivity contribution in [1.82, 2.24) is 10.2 Å². The number of nitro benzene ring substituents is 1. The third-order valence-electron chi connectivity index (χ3n) is 1.91. The lowest BCUT2D eigenvalue weighted by Gasteiger charge is -2.00. The van der Waals surface area contributed by atoms with Crippen LogP contribution in [-0.4, -0.2) is 15.1 Å². The molecule has 0 bridgehead atoms. The first-order valence-electron chi connectivity index (χ1n) is 4.55. The molecule has 0 amide bonds. The Morgan fingerprint density at radius 3 is 2.83 bits per heavy atom. The van der Waals surface area contributed by atoms with Crippen LogP contribution in [0.2, 0.25) is 0 Å². The Morgan fingerprint density at radius 1 is 1.50 bits per heavy atom. The van der Waals surface area contributed by atoms with Gasteiger partial charge in [-0.15, -0.1) is 10.2 Å². The van der Waals surface area contributed by atoms with E-state index in [9.17, 15) is 10.1 Å². The van der Waals surface area contributed by atoms with Crippen molar-refractivity contribution in [3.63, 3.8) is 0 Å². The number of hydrogen-bond acceptors (Lipinski definition) is 8. The van der Waals surface area contributed by atoms with E-state index in [2.05, 4.69) is 10.2 Å². The third kappa shape index (κ3) is 2.55. The summed E-state index contributed by atoms with van der Waals surface area (Å²) in [6.45, 7) is 0. The number of nitrogen functional groups attached to an aromatic ring is 1. The molecule has 0 unspecified atom stereocenters. The highest BCUT2D eigenvalue weighted by Gasteiger charge is 2.13. The van der Waals surface area contributed by atoms with Gasteiger partial charge in [0.05, 0.1) is 10.5 Å². The maximum Gasteiger partial charge on any atom is 0.270 e. The summed E-state index contributed by atoms with van der Waals surface area (Å²) in [5.41, 5.74) is 5.55. The molecule has 0 radical (unpaired) electrons. The summed E-state index contributed by atoms with van der Waals surface area (Å²) in [7, 11) is 0. The molecule has 2 N–H and O–H groups in total. The van der Waals surface area contributed by atoms with E-state index in [0.717, 1.165) is 0 Å². The molecular formula is C9H5N5O2S2. The molecular weight excluding hydrogens is 274 g/mol. The lowest BCUT2D eigenvalue weighted by molar-refractivity contribution is -0.384. The first-order valence-corrected chi connectivity index (χ1v) is 6.19. The van der Waals surface area contributed by atoms with Crippen LogP contribution >= 0.6 is 23.1 Å². The summed E-state index contributed by atoms with van der Waals surface area (Å²) in [5.74, 6) is 0. The van der Waals surface area contributed by atoms with E-state index in [-0.39, 0.29) is 11.3 Å². The average Bonchev–Trinajstić information content (AvgIpc) is 2.75. The summed E-state index contributed by atoms with van der Waals surface area (Å²) in [5, 5.41) is 27.3. The van der Waals surface area contributed by atoms with E-state index in [4.69, 9.17) is 11.0 Å². The van der Waals surface area contributed by atoms with Crippen LogP contribution in [0, 0.1) is 21.4 Å². The molecule has 2 aromatic rings. The zero-order valence-electron chi connectivity index (χ0n) is 8.73. The molecule has 1 heterocycles. The zero-order chi connectivity index (χ0) is 13.1. The molecule has 0 saturated heterocycles. The van der Waals surface area contributed by atoms with Gasteiger partial charge >= 0.3 is 0 Å². The molecule has 9 heteroatoms. The number of benzene rings is 1. The predicted octanol–water partition coefficient (Wildman–Crippen LogP) is 2.05.